The summed E-state index contributed by atoms with van der Waals surface area (Å²) in [4.78, 5) is 12.7. The average molecular weight is 387 g/mol. The molecule has 1 aliphatic heterocycles. The third-order valence-electron chi connectivity index (χ3n) is 6.07. The maximum atomic E-state index is 12.7. The van der Waals surface area contributed by atoms with Crippen LogP contribution in [0, 0.1) is 0 Å². The largest absolute Gasteiger partial charge is 0.496 e. The number of ether oxygens (including phenoxy) is 3. The summed E-state index contributed by atoms with van der Waals surface area (Å²) in [6.45, 7) is 7.95. The number of allylic oxidation sites excluding steroid dienone is 1. The van der Waals surface area contributed by atoms with E-state index >= 15 is 0 Å². The highest BCUT2D eigenvalue weighted by atomic mass is 16.7. The summed E-state index contributed by atoms with van der Waals surface area (Å²) in [6, 6.07) is 6.27. The molecule has 0 N–H and O–H groups in total. The highest BCUT2D eigenvalue weighted by Crippen LogP contribution is 2.40. The lowest BCUT2D eigenvalue weighted by atomic mass is 9.78. The molecule has 28 heavy (non-hydrogen) atoms. The first-order valence-electron chi connectivity index (χ1n) is 10.6. The second-order valence-electron chi connectivity index (χ2n) is 8.60. The summed E-state index contributed by atoms with van der Waals surface area (Å²) in [7, 11) is 1.67. The zero-order chi connectivity index (χ0) is 20.2. The molecule has 4 heteroatoms. The van der Waals surface area contributed by atoms with Crippen LogP contribution in [0.1, 0.15) is 76.8 Å². The van der Waals surface area contributed by atoms with Crippen molar-refractivity contribution in [2.24, 2.45) is 0 Å². The van der Waals surface area contributed by atoms with E-state index in [2.05, 4.69) is 32.9 Å². The Morgan fingerprint density at radius 1 is 1.14 bits per heavy atom. The summed E-state index contributed by atoms with van der Waals surface area (Å²) in [6.07, 6.45) is 9.06. The molecule has 1 saturated heterocycles. The molecule has 1 heterocycles. The molecular formula is C24H34O4. The molecule has 1 aromatic carbocycles. The van der Waals surface area contributed by atoms with Crippen molar-refractivity contribution in [3.05, 3.63) is 35.4 Å². The Hall–Kier alpha value is -1.65. The highest BCUT2D eigenvalue weighted by Gasteiger charge is 2.40. The number of benzene rings is 1. The lowest BCUT2D eigenvalue weighted by molar-refractivity contribution is -0.135. The Bertz CT molecular complexity index is 726. The SMILES string of the molecule is CCCCCCC(C)(C)c1ccc(C2=CC3(CCC2=O)OCCO3)c(OC)c1. The van der Waals surface area contributed by atoms with Crippen molar-refractivity contribution >= 4 is 11.4 Å². The van der Waals surface area contributed by atoms with Crippen molar-refractivity contribution in [3.63, 3.8) is 0 Å². The lowest BCUT2D eigenvalue weighted by Gasteiger charge is -2.30. The highest BCUT2D eigenvalue weighted by molar-refractivity contribution is 6.22. The van der Waals surface area contributed by atoms with Crippen LogP contribution in [0.3, 0.4) is 0 Å². The fourth-order valence-corrected chi connectivity index (χ4v) is 4.19. The summed E-state index contributed by atoms with van der Waals surface area (Å²) in [5.74, 6) is 0.120. The van der Waals surface area contributed by atoms with Crippen LogP contribution in [0.15, 0.2) is 24.3 Å². The number of carbonyl (C=O) groups is 1. The van der Waals surface area contributed by atoms with Gasteiger partial charge in [-0.3, -0.25) is 4.79 Å². The minimum absolute atomic E-state index is 0.0728. The molecule has 154 valence electrons. The van der Waals surface area contributed by atoms with Gasteiger partial charge < -0.3 is 14.2 Å². The first kappa shape index (κ1) is 21.1. The molecule has 1 fully saturated rings. The molecule has 1 aromatic rings. The molecule has 0 amide bonds. The third-order valence-corrected chi connectivity index (χ3v) is 6.07. The molecule has 0 atom stereocenters. The van der Waals surface area contributed by atoms with Crippen molar-refractivity contribution in [3.8, 4) is 5.75 Å². The van der Waals surface area contributed by atoms with Crippen molar-refractivity contribution in [2.75, 3.05) is 20.3 Å². The summed E-state index contributed by atoms with van der Waals surface area (Å²) in [5.41, 5.74) is 2.80. The van der Waals surface area contributed by atoms with E-state index in [4.69, 9.17) is 14.2 Å². The fraction of sp³-hybridized carbons (Fsp3) is 0.625. The topological polar surface area (TPSA) is 44.8 Å². The molecule has 0 bridgehead atoms. The van der Waals surface area contributed by atoms with Crippen molar-refractivity contribution < 1.29 is 19.0 Å². The van der Waals surface area contributed by atoms with E-state index in [1.165, 1.54) is 31.2 Å². The van der Waals surface area contributed by atoms with E-state index in [9.17, 15) is 4.79 Å². The van der Waals surface area contributed by atoms with Crippen molar-refractivity contribution in [1.29, 1.82) is 0 Å². The number of hydrogen-bond acceptors (Lipinski definition) is 4. The van der Waals surface area contributed by atoms with Gasteiger partial charge in [0, 0.05) is 24.0 Å². The molecule has 1 spiro atoms. The quantitative estimate of drug-likeness (QED) is 0.559. The molecule has 2 aliphatic rings. The van der Waals surface area contributed by atoms with E-state index in [0.717, 1.165) is 17.7 Å². The molecule has 0 aromatic heterocycles. The predicted octanol–water partition coefficient (Wildman–Crippen LogP) is 5.43. The summed E-state index contributed by atoms with van der Waals surface area (Å²) < 4.78 is 17.3. The van der Waals surface area contributed by atoms with Crippen LogP contribution in [0.5, 0.6) is 5.75 Å². The number of ketones is 1. The Labute approximate surface area is 169 Å². The molecule has 3 rings (SSSR count). The minimum atomic E-state index is -0.745. The smallest absolute Gasteiger partial charge is 0.189 e. The van der Waals surface area contributed by atoms with Gasteiger partial charge in [0.25, 0.3) is 0 Å². The standard InChI is InChI=1S/C24H34O4/c1-5-6-7-8-12-23(2,3)18-9-10-19(22(16-18)26-4)20-17-24(13-11-21(20)25)27-14-15-28-24/h9-10,16-17H,5-8,11-15H2,1-4H3. The number of carbonyl (C=O) groups excluding carboxylic acids is 1. The number of unbranched alkanes of at least 4 members (excludes halogenated alkanes) is 3. The van der Waals surface area contributed by atoms with Gasteiger partial charge in [-0.25, -0.2) is 0 Å². The minimum Gasteiger partial charge on any atom is -0.496 e. The van der Waals surface area contributed by atoms with Crippen LogP contribution in [-0.2, 0) is 19.7 Å². The van der Waals surface area contributed by atoms with Crippen LogP contribution in [0.25, 0.3) is 5.57 Å². The van der Waals surface area contributed by atoms with Crippen LogP contribution in [0.4, 0.5) is 0 Å². The van der Waals surface area contributed by atoms with E-state index in [1.54, 1.807) is 7.11 Å². The second kappa shape index (κ2) is 8.79. The van der Waals surface area contributed by atoms with E-state index in [1.807, 2.05) is 12.1 Å². The maximum Gasteiger partial charge on any atom is 0.189 e. The van der Waals surface area contributed by atoms with E-state index < -0.39 is 5.79 Å². The van der Waals surface area contributed by atoms with Crippen molar-refractivity contribution in [2.45, 2.75) is 76.9 Å². The van der Waals surface area contributed by atoms with Crippen LogP contribution < -0.4 is 4.74 Å². The average Bonchev–Trinajstić information content (AvgIpc) is 3.15. The first-order chi connectivity index (χ1) is 13.4. The van der Waals surface area contributed by atoms with Gasteiger partial charge in [-0.2, -0.15) is 0 Å². The Morgan fingerprint density at radius 3 is 2.57 bits per heavy atom. The normalized spacial score (nSPS) is 19.1. The van der Waals surface area contributed by atoms with Gasteiger partial charge in [0.05, 0.1) is 20.3 Å². The van der Waals surface area contributed by atoms with Gasteiger partial charge in [-0.15, -0.1) is 0 Å². The molecule has 0 saturated carbocycles. The molecule has 0 unspecified atom stereocenters. The zero-order valence-corrected chi connectivity index (χ0v) is 17.8. The summed E-state index contributed by atoms with van der Waals surface area (Å²) in [5, 5.41) is 0. The van der Waals surface area contributed by atoms with Gasteiger partial charge in [0.1, 0.15) is 5.75 Å². The van der Waals surface area contributed by atoms with Crippen LogP contribution >= 0.6 is 0 Å². The Balaban J connectivity index is 1.87. The molecular weight excluding hydrogens is 352 g/mol. The second-order valence-corrected chi connectivity index (χ2v) is 8.60. The fourth-order valence-electron chi connectivity index (χ4n) is 4.19. The Morgan fingerprint density at radius 2 is 1.89 bits per heavy atom. The number of hydrogen-bond donors (Lipinski definition) is 0. The molecule has 0 radical (unpaired) electrons. The predicted molar refractivity (Wildman–Crippen MR) is 112 cm³/mol. The van der Waals surface area contributed by atoms with Gasteiger partial charge in [0.15, 0.2) is 11.6 Å². The zero-order valence-electron chi connectivity index (χ0n) is 17.8. The van der Waals surface area contributed by atoms with Gasteiger partial charge in [-0.05, 0) is 29.5 Å². The van der Waals surface area contributed by atoms with E-state index in [-0.39, 0.29) is 11.2 Å². The molecule has 1 aliphatic carbocycles. The maximum absolute atomic E-state index is 12.7. The van der Waals surface area contributed by atoms with Crippen molar-refractivity contribution in [1.82, 2.24) is 0 Å². The summed E-state index contributed by atoms with van der Waals surface area (Å²) >= 11 is 0. The third kappa shape index (κ3) is 4.49. The monoisotopic (exact) mass is 386 g/mol. The van der Waals surface area contributed by atoms with Crippen LogP contribution in [-0.4, -0.2) is 31.9 Å². The Kier molecular flexibility index (Phi) is 6.61. The number of Topliss-reactive ketones (excluding diaryl/α,β-unsaturated/α-hetero) is 1. The first-order valence-corrected chi connectivity index (χ1v) is 10.6. The lowest BCUT2D eigenvalue weighted by Crippen LogP contribution is -2.33. The number of rotatable bonds is 8. The van der Waals surface area contributed by atoms with Gasteiger partial charge in [0.2, 0.25) is 0 Å². The van der Waals surface area contributed by atoms with Crippen LogP contribution in [0.2, 0.25) is 0 Å². The number of methoxy groups -OCH3 is 1. The van der Waals surface area contributed by atoms with Gasteiger partial charge in [-0.1, -0.05) is 58.6 Å². The van der Waals surface area contributed by atoms with Gasteiger partial charge >= 0.3 is 0 Å². The molecule has 4 nitrogen and oxygen atoms in total. The van der Waals surface area contributed by atoms with E-state index in [0.29, 0.717) is 31.6 Å².